The third-order valence-corrected chi connectivity index (χ3v) is 7.79. The molecule has 8 nitrogen and oxygen atoms in total. The Morgan fingerprint density at radius 2 is 1.79 bits per heavy atom. The quantitative estimate of drug-likeness (QED) is 0.426. The molecule has 4 heterocycles. The first kappa shape index (κ1) is 26.4. The van der Waals surface area contributed by atoms with Crippen LogP contribution in [0.4, 0.5) is 13.2 Å². The van der Waals surface area contributed by atoms with E-state index in [0.29, 0.717) is 28.3 Å². The van der Waals surface area contributed by atoms with Crippen LogP contribution in [-0.4, -0.2) is 53.9 Å². The summed E-state index contributed by atoms with van der Waals surface area (Å²) < 4.78 is 40.5. The summed E-state index contributed by atoms with van der Waals surface area (Å²) in [5, 5.41) is 5.32. The smallest absolute Gasteiger partial charge is 0.331 e. The Balaban J connectivity index is 1.45. The number of benzene rings is 1. The van der Waals surface area contributed by atoms with Gasteiger partial charge in [0, 0.05) is 42.5 Å². The molecule has 2 aliphatic heterocycles. The molecule has 0 saturated heterocycles. The van der Waals surface area contributed by atoms with Gasteiger partial charge >= 0.3 is 6.18 Å². The third-order valence-electron chi connectivity index (χ3n) is 7.05. The van der Waals surface area contributed by atoms with Gasteiger partial charge in [0.2, 0.25) is 0 Å². The average molecular weight is 567 g/mol. The fourth-order valence-electron chi connectivity index (χ4n) is 4.93. The topological polar surface area (TPSA) is 84.2 Å². The predicted molar refractivity (Wildman–Crippen MR) is 133 cm³/mol. The first-order valence-electron chi connectivity index (χ1n) is 11.9. The largest absolute Gasteiger partial charge is 0.419 e. The Morgan fingerprint density at radius 3 is 2.42 bits per heavy atom. The van der Waals surface area contributed by atoms with E-state index in [0.717, 1.165) is 18.1 Å². The molecule has 0 radical (unpaired) electrons. The van der Waals surface area contributed by atoms with E-state index in [4.69, 9.17) is 28.3 Å². The molecule has 0 N–H and O–H groups in total. The molecule has 1 aromatic carbocycles. The number of fused-ring (bicyclic) bond motifs is 3. The number of halogens is 5. The van der Waals surface area contributed by atoms with E-state index in [1.165, 1.54) is 11.0 Å². The summed E-state index contributed by atoms with van der Waals surface area (Å²) in [6.45, 7) is 5.94. The van der Waals surface area contributed by atoms with Crippen molar-refractivity contribution < 1.29 is 22.8 Å². The second-order valence-corrected chi connectivity index (χ2v) is 10.5. The second-order valence-electron chi connectivity index (χ2n) is 9.64. The van der Waals surface area contributed by atoms with Gasteiger partial charge in [0.25, 0.3) is 11.8 Å². The number of hydrogen-bond acceptors (Lipinski definition) is 5. The molecule has 2 aliphatic rings. The molecule has 0 spiro atoms. The molecule has 13 heteroatoms. The van der Waals surface area contributed by atoms with E-state index in [-0.39, 0.29) is 47.8 Å². The lowest BCUT2D eigenvalue weighted by Crippen LogP contribution is -2.46. The van der Waals surface area contributed by atoms with Crippen LogP contribution in [0.1, 0.15) is 76.3 Å². The van der Waals surface area contributed by atoms with Crippen LogP contribution >= 0.6 is 23.2 Å². The van der Waals surface area contributed by atoms with Crippen LogP contribution < -0.4 is 0 Å². The van der Waals surface area contributed by atoms with Crippen LogP contribution in [0.15, 0.2) is 30.6 Å². The SMILES string of the molecule is C[C@@H]1Cc2nn3c(c2CN1C(=O)c1ccc(Cl)c(Cl)c1)C(=O)N([C@H](C)c1ncc(C(F)(F)F)cn1)C[C@H]3C. The average Bonchev–Trinajstić information content (AvgIpc) is 3.25. The van der Waals surface area contributed by atoms with E-state index in [1.807, 2.05) is 13.8 Å². The summed E-state index contributed by atoms with van der Waals surface area (Å²) in [5.74, 6) is -0.490. The van der Waals surface area contributed by atoms with E-state index in [9.17, 15) is 22.8 Å². The van der Waals surface area contributed by atoms with Gasteiger partial charge in [-0.25, -0.2) is 9.97 Å². The van der Waals surface area contributed by atoms with Crippen LogP contribution in [0.2, 0.25) is 10.0 Å². The molecule has 0 bridgehead atoms. The molecule has 3 aromatic rings. The second kappa shape index (κ2) is 9.53. The zero-order valence-electron chi connectivity index (χ0n) is 20.6. The number of amides is 2. The number of nitrogens with zero attached hydrogens (tertiary/aromatic N) is 6. The molecule has 0 fully saturated rings. The Morgan fingerprint density at radius 1 is 1.11 bits per heavy atom. The van der Waals surface area contributed by atoms with E-state index >= 15 is 0 Å². The number of carbonyl (C=O) groups excluding carboxylic acids is 2. The minimum atomic E-state index is -4.55. The lowest BCUT2D eigenvalue weighted by molar-refractivity contribution is -0.138. The summed E-state index contributed by atoms with van der Waals surface area (Å²) in [6, 6.07) is 3.62. The normalized spacial score (nSPS) is 20.3. The van der Waals surface area contributed by atoms with Gasteiger partial charge in [0.1, 0.15) is 11.5 Å². The molecule has 200 valence electrons. The first-order chi connectivity index (χ1) is 17.9. The van der Waals surface area contributed by atoms with E-state index in [1.54, 1.807) is 28.6 Å². The third kappa shape index (κ3) is 4.51. The molecular formula is C25H23Cl2F3N6O2. The molecule has 0 saturated carbocycles. The molecule has 0 unspecified atom stereocenters. The van der Waals surface area contributed by atoms with Crippen molar-refractivity contribution in [1.29, 1.82) is 0 Å². The van der Waals surface area contributed by atoms with Crippen molar-refractivity contribution in [3.05, 3.63) is 74.5 Å². The fraction of sp³-hybridized carbons (Fsp3) is 0.400. The maximum Gasteiger partial charge on any atom is 0.419 e. The summed E-state index contributed by atoms with van der Waals surface area (Å²) in [7, 11) is 0. The van der Waals surface area contributed by atoms with Gasteiger partial charge in [-0.05, 0) is 39.0 Å². The molecule has 5 rings (SSSR count). The van der Waals surface area contributed by atoms with Gasteiger partial charge in [-0.2, -0.15) is 18.3 Å². The molecular weight excluding hydrogens is 544 g/mol. The zero-order chi connectivity index (χ0) is 27.5. The maximum absolute atomic E-state index is 13.7. The number of aromatic nitrogens is 4. The minimum absolute atomic E-state index is 0.102. The molecule has 38 heavy (non-hydrogen) atoms. The molecule has 2 amide bonds. The lowest BCUT2D eigenvalue weighted by Gasteiger charge is -2.37. The summed E-state index contributed by atoms with van der Waals surface area (Å²) >= 11 is 12.1. The monoisotopic (exact) mass is 566 g/mol. The summed E-state index contributed by atoms with van der Waals surface area (Å²) in [4.78, 5) is 38.1. The van der Waals surface area contributed by atoms with Crippen LogP contribution in [-0.2, 0) is 19.1 Å². The van der Waals surface area contributed by atoms with E-state index < -0.39 is 17.8 Å². The highest BCUT2D eigenvalue weighted by molar-refractivity contribution is 6.42. The van der Waals surface area contributed by atoms with Crippen molar-refractivity contribution >= 4 is 35.0 Å². The predicted octanol–water partition coefficient (Wildman–Crippen LogP) is 5.36. The molecule has 3 atom stereocenters. The van der Waals surface area contributed by atoms with Gasteiger partial charge in [-0.1, -0.05) is 23.2 Å². The van der Waals surface area contributed by atoms with Crippen molar-refractivity contribution in [3.63, 3.8) is 0 Å². The number of hydrogen-bond donors (Lipinski definition) is 0. The van der Waals surface area contributed by atoms with Crippen molar-refractivity contribution in [2.75, 3.05) is 6.54 Å². The lowest BCUT2D eigenvalue weighted by atomic mass is 9.97. The Hall–Kier alpha value is -3.18. The van der Waals surface area contributed by atoms with Crippen LogP contribution in [0.25, 0.3) is 0 Å². The molecule has 0 aliphatic carbocycles. The number of alkyl halides is 3. The Labute approximate surface area is 226 Å². The zero-order valence-corrected chi connectivity index (χ0v) is 22.1. The Bertz CT molecular complexity index is 1430. The van der Waals surface area contributed by atoms with Crippen molar-refractivity contribution in [1.82, 2.24) is 29.5 Å². The van der Waals surface area contributed by atoms with Gasteiger partial charge in [0.05, 0.1) is 39.9 Å². The van der Waals surface area contributed by atoms with Gasteiger partial charge in [-0.3, -0.25) is 14.3 Å². The first-order valence-corrected chi connectivity index (χ1v) is 12.7. The Kier molecular flexibility index (Phi) is 6.63. The van der Waals surface area contributed by atoms with Crippen molar-refractivity contribution in [2.24, 2.45) is 0 Å². The maximum atomic E-state index is 13.7. The summed E-state index contributed by atoms with van der Waals surface area (Å²) in [5.41, 5.74) is 1.17. The molecule has 2 aromatic heterocycles. The minimum Gasteiger partial charge on any atom is -0.331 e. The highest BCUT2D eigenvalue weighted by Crippen LogP contribution is 2.35. The number of carbonyl (C=O) groups is 2. The van der Waals surface area contributed by atoms with Crippen molar-refractivity contribution in [2.45, 2.75) is 58.0 Å². The van der Waals surface area contributed by atoms with Gasteiger partial charge in [0.15, 0.2) is 0 Å². The summed E-state index contributed by atoms with van der Waals surface area (Å²) in [6.07, 6.45) is -2.66. The highest BCUT2D eigenvalue weighted by Gasteiger charge is 2.41. The van der Waals surface area contributed by atoms with Crippen molar-refractivity contribution in [3.8, 4) is 0 Å². The van der Waals surface area contributed by atoms with Crippen LogP contribution in [0.3, 0.4) is 0 Å². The standard InChI is InChI=1S/C25H23Cl2F3N6O2/c1-12-6-20-17(11-34(12)23(37)15-4-5-18(26)19(27)7-15)21-24(38)35(10-13(2)36(21)33-20)14(3)22-31-8-16(9-32-22)25(28,29)30/h4-5,7-9,12-14H,6,10-11H2,1-3H3/t12-,13-,14-/m1/s1. The van der Waals surface area contributed by atoms with E-state index in [2.05, 4.69) is 9.97 Å². The number of rotatable bonds is 3. The fourth-order valence-corrected chi connectivity index (χ4v) is 5.23. The van der Waals surface area contributed by atoms with Gasteiger partial charge < -0.3 is 9.80 Å². The van der Waals surface area contributed by atoms with Crippen LogP contribution in [0, 0.1) is 0 Å². The highest BCUT2D eigenvalue weighted by atomic mass is 35.5. The van der Waals surface area contributed by atoms with Crippen LogP contribution in [0.5, 0.6) is 0 Å². The van der Waals surface area contributed by atoms with Gasteiger partial charge in [-0.15, -0.1) is 0 Å².